The van der Waals surface area contributed by atoms with E-state index in [1.54, 1.807) is 16.7 Å². The number of aromatic nitrogens is 2. The molecule has 0 bridgehead atoms. The molecule has 3 rings (SSSR count). The number of likely N-dealkylation sites (tertiary alicyclic amines) is 1. The van der Waals surface area contributed by atoms with E-state index in [4.69, 9.17) is 0 Å². The van der Waals surface area contributed by atoms with E-state index in [1.165, 1.54) is 0 Å². The van der Waals surface area contributed by atoms with Crippen LogP contribution in [0.1, 0.15) is 37.6 Å². The second-order valence-electron chi connectivity index (χ2n) is 7.13. The van der Waals surface area contributed by atoms with E-state index < -0.39 is 5.60 Å². The number of carbonyl (C=O) groups is 1. The molecule has 0 spiro atoms. The zero-order chi connectivity index (χ0) is 18.7. The van der Waals surface area contributed by atoms with Gasteiger partial charge in [-0.2, -0.15) is 5.10 Å². The lowest BCUT2D eigenvalue weighted by atomic mass is 9.98. The smallest absolute Gasteiger partial charge is 0.321 e. The lowest BCUT2D eigenvalue weighted by Crippen LogP contribution is -2.36. The van der Waals surface area contributed by atoms with Crippen molar-refractivity contribution < 1.29 is 9.90 Å². The fourth-order valence-electron chi connectivity index (χ4n) is 3.12. The quantitative estimate of drug-likeness (QED) is 0.760. The molecule has 1 aromatic heterocycles. The van der Waals surface area contributed by atoms with Crippen molar-refractivity contribution >= 4 is 23.5 Å². The molecule has 1 saturated heterocycles. The summed E-state index contributed by atoms with van der Waals surface area (Å²) in [6, 6.07) is 7.68. The Morgan fingerprint density at radius 1 is 1.31 bits per heavy atom. The van der Waals surface area contributed by atoms with Gasteiger partial charge < -0.3 is 15.3 Å². The van der Waals surface area contributed by atoms with E-state index in [9.17, 15) is 9.90 Å². The van der Waals surface area contributed by atoms with Crippen LogP contribution in [0.5, 0.6) is 0 Å². The largest absolute Gasteiger partial charge is 0.390 e. The Hall–Kier alpha value is -1.99. The van der Waals surface area contributed by atoms with Crippen LogP contribution in [-0.2, 0) is 0 Å². The molecule has 1 atom stereocenters. The average Bonchev–Trinajstić information content (AvgIpc) is 2.80. The lowest BCUT2D eigenvalue weighted by Gasteiger charge is -2.23. The van der Waals surface area contributed by atoms with Crippen LogP contribution in [0, 0.1) is 13.8 Å². The molecule has 26 heavy (non-hydrogen) atoms. The monoisotopic (exact) mass is 374 g/mol. The predicted molar refractivity (Wildman–Crippen MR) is 104 cm³/mol. The van der Waals surface area contributed by atoms with Crippen molar-refractivity contribution in [3.8, 4) is 0 Å². The van der Waals surface area contributed by atoms with Crippen LogP contribution in [-0.4, -0.2) is 44.9 Å². The highest BCUT2D eigenvalue weighted by Crippen LogP contribution is 2.36. The SMILES string of the molecule is Cc1n[nH]c(C)c1Sc1ccccc1NC(=O)N1CCC[C@](C)(O)CC1. The molecule has 140 valence electrons. The second kappa shape index (κ2) is 7.72. The van der Waals surface area contributed by atoms with Crippen LogP contribution in [0.15, 0.2) is 34.1 Å². The minimum atomic E-state index is -0.681. The fourth-order valence-corrected chi connectivity index (χ4v) is 4.11. The Morgan fingerprint density at radius 2 is 2.08 bits per heavy atom. The molecule has 2 heterocycles. The van der Waals surface area contributed by atoms with Crippen LogP contribution < -0.4 is 5.32 Å². The van der Waals surface area contributed by atoms with Crippen molar-refractivity contribution in [2.45, 2.75) is 55.4 Å². The lowest BCUT2D eigenvalue weighted by molar-refractivity contribution is 0.0458. The van der Waals surface area contributed by atoms with Gasteiger partial charge >= 0.3 is 6.03 Å². The minimum absolute atomic E-state index is 0.114. The van der Waals surface area contributed by atoms with E-state index in [0.717, 1.165) is 39.7 Å². The summed E-state index contributed by atoms with van der Waals surface area (Å²) in [5.74, 6) is 0. The first-order valence-electron chi connectivity index (χ1n) is 8.92. The maximum absolute atomic E-state index is 12.7. The molecular weight excluding hydrogens is 348 g/mol. The van der Waals surface area contributed by atoms with Gasteiger partial charge in [0.05, 0.1) is 21.9 Å². The number of carbonyl (C=O) groups excluding carboxylic acids is 1. The van der Waals surface area contributed by atoms with E-state index in [-0.39, 0.29) is 6.03 Å². The number of H-pyrrole nitrogens is 1. The summed E-state index contributed by atoms with van der Waals surface area (Å²) in [5.41, 5.74) is 2.07. The molecule has 6 nitrogen and oxygen atoms in total. The molecule has 0 saturated carbocycles. The van der Waals surface area contributed by atoms with Crippen molar-refractivity contribution in [2.75, 3.05) is 18.4 Å². The number of nitrogens with zero attached hydrogens (tertiary/aromatic N) is 2. The molecule has 0 unspecified atom stereocenters. The molecule has 1 aromatic carbocycles. The van der Waals surface area contributed by atoms with E-state index >= 15 is 0 Å². The third-order valence-electron chi connectivity index (χ3n) is 4.75. The molecule has 2 aromatic rings. The summed E-state index contributed by atoms with van der Waals surface area (Å²) in [4.78, 5) is 16.6. The standard InChI is InChI=1S/C19H26N4O2S/c1-13-17(14(2)22-21-13)26-16-8-5-4-7-15(16)20-18(24)23-11-6-9-19(3,25)10-12-23/h4-5,7-8,25H,6,9-12H2,1-3H3,(H,20,24)(H,21,22)/t19-/m0/s1. The van der Waals surface area contributed by atoms with Gasteiger partial charge in [-0.05, 0) is 52.2 Å². The number of aromatic amines is 1. The average molecular weight is 375 g/mol. The molecule has 2 amide bonds. The van der Waals surface area contributed by atoms with Crippen LogP contribution in [0.25, 0.3) is 0 Å². The first kappa shape index (κ1) is 18.8. The molecule has 0 aliphatic carbocycles. The first-order chi connectivity index (χ1) is 12.4. The predicted octanol–water partition coefficient (Wildman–Crippen LogP) is 3.95. The van der Waals surface area contributed by atoms with Gasteiger partial charge in [0.1, 0.15) is 0 Å². The van der Waals surface area contributed by atoms with Gasteiger partial charge in [-0.3, -0.25) is 5.10 Å². The number of anilines is 1. The summed E-state index contributed by atoms with van der Waals surface area (Å²) in [6.45, 7) is 7.03. The van der Waals surface area contributed by atoms with E-state index in [1.807, 2.05) is 45.0 Å². The molecule has 1 fully saturated rings. The summed E-state index contributed by atoms with van der Waals surface area (Å²) < 4.78 is 0. The summed E-state index contributed by atoms with van der Waals surface area (Å²) in [7, 11) is 0. The number of amides is 2. The Balaban J connectivity index is 1.73. The fraction of sp³-hybridized carbons (Fsp3) is 0.474. The highest BCUT2D eigenvalue weighted by Gasteiger charge is 2.27. The number of nitrogens with one attached hydrogen (secondary N) is 2. The topological polar surface area (TPSA) is 81.2 Å². The number of hydrogen-bond donors (Lipinski definition) is 3. The van der Waals surface area contributed by atoms with Crippen molar-refractivity contribution in [1.82, 2.24) is 15.1 Å². The van der Waals surface area contributed by atoms with Crippen LogP contribution >= 0.6 is 11.8 Å². The van der Waals surface area contributed by atoms with Gasteiger partial charge in [-0.15, -0.1) is 0 Å². The van der Waals surface area contributed by atoms with Crippen LogP contribution in [0.4, 0.5) is 10.5 Å². The molecule has 3 N–H and O–H groups in total. The highest BCUT2D eigenvalue weighted by atomic mass is 32.2. The van der Waals surface area contributed by atoms with Gasteiger partial charge in [0.2, 0.25) is 0 Å². The summed E-state index contributed by atoms with van der Waals surface area (Å²) in [6.07, 6.45) is 2.14. The Bertz CT molecular complexity index is 768. The number of hydrogen-bond acceptors (Lipinski definition) is 4. The van der Waals surface area contributed by atoms with Crippen molar-refractivity contribution in [1.29, 1.82) is 0 Å². The minimum Gasteiger partial charge on any atom is -0.390 e. The highest BCUT2D eigenvalue weighted by molar-refractivity contribution is 7.99. The van der Waals surface area contributed by atoms with Gasteiger partial charge in [0, 0.05) is 23.7 Å². The number of aliphatic hydroxyl groups is 1. The van der Waals surface area contributed by atoms with Gasteiger partial charge in [0.25, 0.3) is 0 Å². The van der Waals surface area contributed by atoms with Gasteiger partial charge in [-0.25, -0.2) is 4.79 Å². The maximum Gasteiger partial charge on any atom is 0.321 e. The van der Waals surface area contributed by atoms with Crippen molar-refractivity contribution in [3.05, 3.63) is 35.7 Å². The summed E-state index contributed by atoms with van der Waals surface area (Å²) in [5, 5.41) is 20.5. The number of para-hydroxylation sites is 1. The Kier molecular flexibility index (Phi) is 5.58. The zero-order valence-electron chi connectivity index (χ0n) is 15.5. The van der Waals surface area contributed by atoms with Crippen LogP contribution in [0.2, 0.25) is 0 Å². The zero-order valence-corrected chi connectivity index (χ0v) is 16.3. The number of rotatable bonds is 3. The summed E-state index contributed by atoms with van der Waals surface area (Å²) >= 11 is 1.60. The van der Waals surface area contributed by atoms with Crippen molar-refractivity contribution in [3.63, 3.8) is 0 Å². The van der Waals surface area contributed by atoms with Gasteiger partial charge in [-0.1, -0.05) is 23.9 Å². The van der Waals surface area contributed by atoms with Crippen molar-refractivity contribution in [2.24, 2.45) is 0 Å². The molecule has 1 aliphatic heterocycles. The van der Waals surface area contributed by atoms with E-state index in [0.29, 0.717) is 19.5 Å². The molecule has 1 aliphatic rings. The molecular formula is C19H26N4O2S. The van der Waals surface area contributed by atoms with E-state index in [2.05, 4.69) is 15.5 Å². The molecule has 0 radical (unpaired) electrons. The number of benzene rings is 1. The Labute approximate surface area is 158 Å². The second-order valence-corrected chi connectivity index (χ2v) is 8.18. The first-order valence-corrected chi connectivity index (χ1v) is 9.74. The molecule has 7 heteroatoms. The van der Waals surface area contributed by atoms with Gasteiger partial charge in [0.15, 0.2) is 0 Å². The third kappa shape index (κ3) is 4.40. The number of aryl methyl sites for hydroxylation is 2. The van der Waals surface area contributed by atoms with Crippen LogP contribution in [0.3, 0.4) is 0 Å². The number of urea groups is 1. The Morgan fingerprint density at radius 3 is 2.81 bits per heavy atom. The maximum atomic E-state index is 12.7. The third-order valence-corrected chi connectivity index (χ3v) is 6.13. The normalized spacial score (nSPS) is 20.7.